The number of nitrogens with one attached hydrogen (secondary N) is 1. The summed E-state index contributed by atoms with van der Waals surface area (Å²) in [5.74, 6) is 0.484. The van der Waals surface area contributed by atoms with E-state index in [-0.39, 0.29) is 5.84 Å². The van der Waals surface area contributed by atoms with Gasteiger partial charge in [0.1, 0.15) is 18.2 Å². The van der Waals surface area contributed by atoms with Crippen LogP contribution in [0.5, 0.6) is 5.75 Å². The first-order valence-corrected chi connectivity index (χ1v) is 6.75. The maximum atomic E-state index is 7.53. The van der Waals surface area contributed by atoms with Crippen LogP contribution in [0.4, 0.5) is 0 Å². The van der Waals surface area contributed by atoms with Crippen LogP contribution in [0.3, 0.4) is 0 Å². The molecule has 0 aliphatic rings. The number of hydrogen-bond acceptors (Lipinski definition) is 2. The summed E-state index contributed by atoms with van der Waals surface area (Å²) in [6, 6.07) is 12.9. The minimum absolute atomic E-state index is 0.0652. The molecule has 0 aliphatic heterocycles. The Hall–Kier alpha value is -1.52. The van der Waals surface area contributed by atoms with Gasteiger partial charge in [-0.2, -0.15) is 0 Å². The largest absolute Gasteiger partial charge is 0.488 e. The Kier molecular flexibility index (Phi) is 4.45. The first-order chi connectivity index (χ1) is 9.08. The normalized spacial score (nSPS) is 10.2. The fourth-order valence-electron chi connectivity index (χ4n) is 1.61. The van der Waals surface area contributed by atoms with Crippen LogP contribution in [0.15, 0.2) is 46.9 Å². The summed E-state index contributed by atoms with van der Waals surface area (Å²) in [7, 11) is 0. The second kappa shape index (κ2) is 6.08. The summed E-state index contributed by atoms with van der Waals surface area (Å²) in [6.45, 7) is 0.392. The highest BCUT2D eigenvalue weighted by Gasteiger charge is 2.08. The Morgan fingerprint density at radius 1 is 1.26 bits per heavy atom. The molecule has 0 bridgehead atoms. The molecule has 19 heavy (non-hydrogen) atoms. The molecular formula is C14H12BrClN2O. The van der Waals surface area contributed by atoms with Crippen LogP contribution in [0.2, 0.25) is 5.02 Å². The van der Waals surface area contributed by atoms with Crippen molar-refractivity contribution in [3.05, 3.63) is 63.1 Å². The summed E-state index contributed by atoms with van der Waals surface area (Å²) < 4.78 is 6.69. The van der Waals surface area contributed by atoms with Gasteiger partial charge < -0.3 is 10.5 Å². The second-order valence-corrected chi connectivity index (χ2v) is 5.23. The molecule has 0 fully saturated rings. The van der Waals surface area contributed by atoms with Gasteiger partial charge >= 0.3 is 0 Å². The van der Waals surface area contributed by atoms with Gasteiger partial charge in [-0.25, -0.2) is 0 Å². The molecule has 0 spiro atoms. The quantitative estimate of drug-likeness (QED) is 0.654. The van der Waals surface area contributed by atoms with Crippen LogP contribution in [0, 0.1) is 5.41 Å². The molecule has 0 atom stereocenters. The summed E-state index contributed by atoms with van der Waals surface area (Å²) in [4.78, 5) is 0. The molecule has 0 unspecified atom stereocenters. The van der Waals surface area contributed by atoms with Gasteiger partial charge in [0.25, 0.3) is 0 Å². The second-order valence-electron chi connectivity index (χ2n) is 3.93. The molecule has 0 heterocycles. The van der Waals surface area contributed by atoms with E-state index in [1.54, 1.807) is 18.2 Å². The summed E-state index contributed by atoms with van der Waals surface area (Å²) >= 11 is 9.35. The van der Waals surface area contributed by atoms with E-state index in [9.17, 15) is 0 Å². The van der Waals surface area contributed by atoms with E-state index in [1.807, 2.05) is 24.3 Å². The van der Waals surface area contributed by atoms with Crippen molar-refractivity contribution in [1.29, 1.82) is 5.41 Å². The summed E-state index contributed by atoms with van der Waals surface area (Å²) in [5.41, 5.74) is 7.04. The molecule has 2 aromatic rings. The molecule has 98 valence electrons. The van der Waals surface area contributed by atoms with E-state index in [1.165, 1.54) is 0 Å². The smallest absolute Gasteiger partial charge is 0.130 e. The van der Waals surface area contributed by atoms with Crippen molar-refractivity contribution in [2.24, 2.45) is 5.73 Å². The van der Waals surface area contributed by atoms with Gasteiger partial charge in [-0.1, -0.05) is 45.7 Å². The van der Waals surface area contributed by atoms with Gasteiger partial charge in [0, 0.05) is 15.1 Å². The van der Waals surface area contributed by atoms with Gasteiger partial charge in [-0.05, 0) is 24.3 Å². The molecule has 0 radical (unpaired) electrons. The molecule has 0 saturated carbocycles. The lowest BCUT2D eigenvalue weighted by Gasteiger charge is -2.12. The van der Waals surface area contributed by atoms with Crippen molar-refractivity contribution in [1.82, 2.24) is 0 Å². The zero-order chi connectivity index (χ0) is 13.8. The first kappa shape index (κ1) is 13.9. The Morgan fingerprint density at radius 2 is 2.00 bits per heavy atom. The van der Waals surface area contributed by atoms with Gasteiger partial charge in [-0.15, -0.1) is 0 Å². The van der Waals surface area contributed by atoms with Gasteiger partial charge in [0.05, 0.1) is 5.56 Å². The molecule has 2 rings (SSSR count). The number of halogens is 2. The van der Waals surface area contributed by atoms with Crippen LogP contribution in [-0.4, -0.2) is 5.84 Å². The van der Waals surface area contributed by atoms with Crippen molar-refractivity contribution in [2.45, 2.75) is 6.61 Å². The molecule has 0 aromatic heterocycles. The number of rotatable bonds is 4. The van der Waals surface area contributed by atoms with Gasteiger partial charge in [0.2, 0.25) is 0 Å². The number of benzene rings is 2. The Balaban J connectivity index is 2.20. The molecule has 5 heteroatoms. The van der Waals surface area contributed by atoms with Crippen LogP contribution in [0.25, 0.3) is 0 Å². The molecule has 0 saturated heterocycles. The van der Waals surface area contributed by atoms with Crippen LogP contribution in [-0.2, 0) is 6.61 Å². The number of ether oxygens (including phenoxy) is 1. The van der Waals surface area contributed by atoms with Crippen molar-refractivity contribution in [2.75, 3.05) is 0 Å². The topological polar surface area (TPSA) is 59.1 Å². The van der Waals surface area contributed by atoms with Crippen LogP contribution >= 0.6 is 27.5 Å². The van der Waals surface area contributed by atoms with Gasteiger partial charge in [0.15, 0.2) is 0 Å². The predicted octanol–water partition coefficient (Wildman–Crippen LogP) is 3.97. The highest BCUT2D eigenvalue weighted by atomic mass is 79.9. The lowest BCUT2D eigenvalue weighted by atomic mass is 10.2. The highest BCUT2D eigenvalue weighted by Crippen LogP contribution is 2.24. The maximum absolute atomic E-state index is 7.53. The average Bonchev–Trinajstić information content (AvgIpc) is 2.38. The van der Waals surface area contributed by atoms with E-state index in [0.717, 1.165) is 10.0 Å². The Labute approximate surface area is 125 Å². The fraction of sp³-hybridized carbons (Fsp3) is 0.0714. The van der Waals surface area contributed by atoms with Crippen molar-refractivity contribution < 1.29 is 4.74 Å². The maximum Gasteiger partial charge on any atom is 0.130 e. The van der Waals surface area contributed by atoms with E-state index in [2.05, 4.69) is 15.9 Å². The molecule has 3 nitrogen and oxygen atoms in total. The lowest BCUT2D eigenvalue weighted by molar-refractivity contribution is 0.305. The number of amidine groups is 1. The summed E-state index contributed by atoms with van der Waals surface area (Å²) in [5, 5.41) is 8.05. The predicted molar refractivity (Wildman–Crippen MR) is 80.9 cm³/mol. The van der Waals surface area contributed by atoms with Crippen molar-refractivity contribution >= 4 is 33.4 Å². The van der Waals surface area contributed by atoms with E-state index < -0.39 is 0 Å². The number of hydrogen-bond donors (Lipinski definition) is 2. The molecule has 0 aliphatic carbocycles. The van der Waals surface area contributed by atoms with Crippen molar-refractivity contribution in [3.63, 3.8) is 0 Å². The van der Waals surface area contributed by atoms with Crippen molar-refractivity contribution in [3.8, 4) is 5.75 Å². The van der Waals surface area contributed by atoms with E-state index in [0.29, 0.717) is 22.9 Å². The average molecular weight is 340 g/mol. The van der Waals surface area contributed by atoms with E-state index >= 15 is 0 Å². The van der Waals surface area contributed by atoms with Gasteiger partial charge in [-0.3, -0.25) is 5.41 Å². The zero-order valence-corrected chi connectivity index (χ0v) is 12.3. The Bertz CT molecular complexity index is 616. The lowest BCUT2D eigenvalue weighted by Crippen LogP contribution is -2.13. The molecular weight excluding hydrogens is 328 g/mol. The van der Waals surface area contributed by atoms with Crippen LogP contribution < -0.4 is 10.5 Å². The third-order valence-corrected chi connectivity index (χ3v) is 3.58. The van der Waals surface area contributed by atoms with E-state index in [4.69, 9.17) is 27.5 Å². The minimum atomic E-state index is -0.0652. The first-order valence-electron chi connectivity index (χ1n) is 5.58. The molecule has 2 aromatic carbocycles. The highest BCUT2D eigenvalue weighted by molar-refractivity contribution is 9.10. The SMILES string of the molecule is N=C(N)c1cc(Cl)ccc1OCc1ccccc1Br. The number of nitrogen functional groups attached to an aromatic ring is 1. The monoisotopic (exact) mass is 338 g/mol. The zero-order valence-electron chi connectivity index (χ0n) is 9.99. The summed E-state index contributed by atoms with van der Waals surface area (Å²) in [6.07, 6.45) is 0. The standard InChI is InChI=1S/C14H12BrClN2O/c15-12-4-2-1-3-9(12)8-19-13-6-5-10(16)7-11(13)14(17)18/h1-7H,8H2,(H3,17,18). The Morgan fingerprint density at radius 3 is 2.68 bits per heavy atom. The molecule has 3 N–H and O–H groups in total. The number of nitrogens with two attached hydrogens (primary N) is 1. The minimum Gasteiger partial charge on any atom is -0.488 e. The molecule has 0 amide bonds. The van der Waals surface area contributed by atoms with Crippen LogP contribution in [0.1, 0.15) is 11.1 Å². The fourth-order valence-corrected chi connectivity index (χ4v) is 2.18. The third kappa shape index (κ3) is 3.49. The third-order valence-electron chi connectivity index (χ3n) is 2.57.